The van der Waals surface area contributed by atoms with Gasteiger partial charge >= 0.3 is 12.1 Å². The molecular formula is C16H24F3N3O. The number of carbonyl (C=O) groups is 1. The molecule has 23 heavy (non-hydrogen) atoms. The number of alkyl halides is 3. The maximum absolute atomic E-state index is 12.6. The molecule has 0 atom stereocenters. The van der Waals surface area contributed by atoms with Crippen LogP contribution in [-0.4, -0.2) is 21.4 Å². The fourth-order valence-corrected chi connectivity index (χ4v) is 3.19. The van der Waals surface area contributed by atoms with Crippen molar-refractivity contribution in [1.29, 1.82) is 0 Å². The largest absolute Gasteiger partial charge is 0.473 e. The van der Waals surface area contributed by atoms with Crippen LogP contribution >= 0.6 is 0 Å². The van der Waals surface area contributed by atoms with Crippen LogP contribution in [0.4, 0.5) is 13.2 Å². The number of amides is 1. The second kappa shape index (κ2) is 6.17. The lowest BCUT2D eigenvalue weighted by Gasteiger charge is -2.21. The Kier molecular flexibility index (Phi) is 4.78. The molecule has 1 aromatic rings. The van der Waals surface area contributed by atoms with E-state index in [0.29, 0.717) is 12.5 Å². The number of aromatic nitrogens is 2. The zero-order valence-electron chi connectivity index (χ0n) is 14.1. The molecule has 0 aromatic carbocycles. The van der Waals surface area contributed by atoms with Gasteiger partial charge in [-0.25, -0.2) is 0 Å². The van der Waals surface area contributed by atoms with E-state index in [1.807, 2.05) is 32.5 Å². The van der Waals surface area contributed by atoms with Crippen LogP contribution in [0.1, 0.15) is 52.1 Å². The lowest BCUT2D eigenvalue weighted by molar-refractivity contribution is -0.169. The van der Waals surface area contributed by atoms with Crippen molar-refractivity contribution in [1.82, 2.24) is 9.36 Å². The highest BCUT2D eigenvalue weighted by Gasteiger charge is 2.38. The van der Waals surface area contributed by atoms with Crippen LogP contribution in [0.15, 0.2) is 11.1 Å². The summed E-state index contributed by atoms with van der Waals surface area (Å²) in [7, 11) is 1.81. The predicted molar refractivity (Wildman–Crippen MR) is 80.7 cm³/mol. The summed E-state index contributed by atoms with van der Waals surface area (Å²) in [5.41, 5.74) is 0.692. The number of hydrogen-bond donors (Lipinski definition) is 0. The highest BCUT2D eigenvalue weighted by Crippen LogP contribution is 2.27. The van der Waals surface area contributed by atoms with Gasteiger partial charge in [-0.2, -0.15) is 18.2 Å². The standard InChI is InChI=1S/C16H24F3N3O/c1-15(2,3)12-9-13(20-14(23)16(17,18)19)22(21(12)4)10-11-7-5-6-8-11/h9,11H,5-8,10H2,1-4H3. The average Bonchev–Trinajstić information content (AvgIpc) is 2.99. The number of carbonyl (C=O) groups excluding carboxylic acids is 1. The van der Waals surface area contributed by atoms with Gasteiger partial charge in [-0.1, -0.05) is 33.6 Å². The number of nitrogens with zero attached hydrogens (tertiary/aromatic N) is 3. The average molecular weight is 331 g/mol. The Balaban J connectivity index is 2.50. The molecule has 1 aromatic heterocycles. The van der Waals surface area contributed by atoms with Crippen LogP contribution in [0, 0.1) is 5.92 Å². The molecule has 0 radical (unpaired) electrons. The normalized spacial score (nSPS) is 18.0. The summed E-state index contributed by atoms with van der Waals surface area (Å²) in [5.74, 6) is -1.62. The van der Waals surface area contributed by atoms with Gasteiger partial charge in [-0.05, 0) is 18.8 Å². The molecule has 1 saturated carbocycles. The van der Waals surface area contributed by atoms with Crippen LogP contribution in [0.2, 0.25) is 0 Å². The zero-order chi connectivity index (χ0) is 17.4. The first-order chi connectivity index (χ1) is 10.5. The second-order valence-corrected chi connectivity index (χ2v) is 7.31. The van der Waals surface area contributed by atoms with E-state index in [1.54, 1.807) is 10.7 Å². The smallest absolute Gasteiger partial charge is 0.291 e. The van der Waals surface area contributed by atoms with E-state index >= 15 is 0 Å². The van der Waals surface area contributed by atoms with E-state index in [4.69, 9.17) is 0 Å². The second-order valence-electron chi connectivity index (χ2n) is 7.31. The highest BCUT2D eigenvalue weighted by molar-refractivity contribution is 5.82. The third-order valence-electron chi connectivity index (χ3n) is 4.37. The Morgan fingerprint density at radius 1 is 1.26 bits per heavy atom. The van der Waals surface area contributed by atoms with Gasteiger partial charge in [0, 0.05) is 30.8 Å². The van der Waals surface area contributed by atoms with Crippen molar-refractivity contribution in [3.8, 4) is 0 Å². The van der Waals surface area contributed by atoms with E-state index in [-0.39, 0.29) is 10.9 Å². The van der Waals surface area contributed by atoms with E-state index in [9.17, 15) is 18.0 Å². The van der Waals surface area contributed by atoms with Crippen molar-refractivity contribution < 1.29 is 18.0 Å². The van der Waals surface area contributed by atoms with Gasteiger partial charge in [0.2, 0.25) is 0 Å². The molecule has 1 aliphatic rings. The van der Waals surface area contributed by atoms with Crippen molar-refractivity contribution in [3.05, 3.63) is 17.2 Å². The van der Waals surface area contributed by atoms with Crippen LogP contribution in [0.5, 0.6) is 0 Å². The predicted octanol–water partition coefficient (Wildman–Crippen LogP) is 3.30. The van der Waals surface area contributed by atoms with E-state index < -0.39 is 12.1 Å². The van der Waals surface area contributed by atoms with Gasteiger partial charge in [0.1, 0.15) is 0 Å². The third kappa shape index (κ3) is 4.06. The van der Waals surface area contributed by atoms with E-state index in [2.05, 4.69) is 4.99 Å². The van der Waals surface area contributed by atoms with Crippen LogP contribution < -0.4 is 5.49 Å². The van der Waals surface area contributed by atoms with Gasteiger partial charge in [-0.3, -0.25) is 14.2 Å². The maximum Gasteiger partial charge on any atom is 0.473 e. The summed E-state index contributed by atoms with van der Waals surface area (Å²) in [4.78, 5) is 14.6. The molecule has 2 rings (SSSR count). The van der Waals surface area contributed by atoms with Crippen molar-refractivity contribution in [2.24, 2.45) is 18.0 Å². The minimum atomic E-state index is -4.94. The molecule has 4 nitrogen and oxygen atoms in total. The summed E-state index contributed by atoms with van der Waals surface area (Å²) in [6, 6.07) is 1.60. The summed E-state index contributed by atoms with van der Waals surface area (Å²) in [6.45, 7) is 6.54. The summed E-state index contributed by atoms with van der Waals surface area (Å²) >= 11 is 0. The lowest BCUT2D eigenvalue weighted by Crippen LogP contribution is -2.30. The first-order valence-electron chi connectivity index (χ1n) is 7.93. The topological polar surface area (TPSA) is 39.3 Å². The zero-order valence-corrected chi connectivity index (χ0v) is 14.1. The molecule has 0 unspecified atom stereocenters. The molecule has 0 N–H and O–H groups in total. The minimum Gasteiger partial charge on any atom is -0.291 e. The van der Waals surface area contributed by atoms with Gasteiger partial charge in [0.25, 0.3) is 0 Å². The Bertz CT molecular complexity index is 641. The fourth-order valence-electron chi connectivity index (χ4n) is 3.19. The summed E-state index contributed by atoms with van der Waals surface area (Å²) in [6.07, 6.45) is -0.514. The maximum atomic E-state index is 12.6. The van der Waals surface area contributed by atoms with E-state index in [1.165, 1.54) is 0 Å². The number of rotatable bonds is 2. The Hall–Kier alpha value is -1.53. The van der Waals surface area contributed by atoms with Crippen molar-refractivity contribution in [3.63, 3.8) is 0 Å². The molecule has 1 amide bonds. The van der Waals surface area contributed by atoms with Crippen molar-refractivity contribution in [2.45, 2.75) is 64.6 Å². The monoisotopic (exact) mass is 331 g/mol. The summed E-state index contributed by atoms with van der Waals surface area (Å²) < 4.78 is 41.2. The van der Waals surface area contributed by atoms with Gasteiger partial charge in [-0.15, -0.1) is 0 Å². The number of halogens is 3. The Labute approximate surface area is 134 Å². The SMILES string of the molecule is Cn1c(C(C)(C)C)cc(=NC(=O)C(F)(F)F)n1CC1CCCC1. The minimum absolute atomic E-state index is 0.0895. The molecule has 0 aliphatic heterocycles. The molecular weight excluding hydrogens is 307 g/mol. The first-order valence-corrected chi connectivity index (χ1v) is 7.93. The molecule has 1 heterocycles. The molecule has 0 bridgehead atoms. The Morgan fingerprint density at radius 2 is 1.83 bits per heavy atom. The first kappa shape index (κ1) is 17.8. The van der Waals surface area contributed by atoms with E-state index in [0.717, 1.165) is 31.4 Å². The van der Waals surface area contributed by atoms with Crippen LogP contribution in [0.3, 0.4) is 0 Å². The highest BCUT2D eigenvalue weighted by atomic mass is 19.4. The van der Waals surface area contributed by atoms with Gasteiger partial charge in [0.15, 0.2) is 5.49 Å². The Morgan fingerprint density at radius 3 is 2.30 bits per heavy atom. The molecule has 0 saturated heterocycles. The van der Waals surface area contributed by atoms with Gasteiger partial charge < -0.3 is 0 Å². The molecule has 130 valence electrons. The number of hydrogen-bond acceptors (Lipinski definition) is 1. The fraction of sp³-hybridized carbons (Fsp3) is 0.750. The quantitative estimate of drug-likeness (QED) is 0.819. The lowest BCUT2D eigenvalue weighted by atomic mass is 9.92. The van der Waals surface area contributed by atoms with Crippen LogP contribution in [0.25, 0.3) is 0 Å². The van der Waals surface area contributed by atoms with Crippen LogP contribution in [-0.2, 0) is 23.8 Å². The van der Waals surface area contributed by atoms with Gasteiger partial charge in [0.05, 0.1) is 0 Å². The molecule has 1 aliphatic carbocycles. The molecule has 0 spiro atoms. The molecule has 1 fully saturated rings. The molecule has 7 heteroatoms. The van der Waals surface area contributed by atoms with Crippen molar-refractivity contribution in [2.75, 3.05) is 0 Å². The third-order valence-corrected chi connectivity index (χ3v) is 4.37. The van der Waals surface area contributed by atoms with Crippen molar-refractivity contribution >= 4 is 5.91 Å². The summed E-state index contributed by atoms with van der Waals surface area (Å²) in [5, 5.41) is 0.